The van der Waals surface area contributed by atoms with Gasteiger partial charge in [0.1, 0.15) is 0 Å². The molecule has 2 amide bonds. The summed E-state index contributed by atoms with van der Waals surface area (Å²) in [6.07, 6.45) is 0.172. The molecule has 1 heterocycles. The average molecular weight is 482 g/mol. The molecule has 1 unspecified atom stereocenters. The van der Waals surface area contributed by atoms with E-state index in [0.717, 1.165) is 28.1 Å². The number of anilines is 1. The van der Waals surface area contributed by atoms with Crippen molar-refractivity contribution in [2.45, 2.75) is 12.3 Å². The van der Waals surface area contributed by atoms with Crippen molar-refractivity contribution >= 4 is 63.2 Å². The zero-order valence-corrected chi connectivity index (χ0v) is 19.0. The van der Waals surface area contributed by atoms with E-state index in [1.165, 1.54) is 0 Å². The first-order valence-electron chi connectivity index (χ1n) is 9.75. The molecule has 0 spiro atoms. The highest BCUT2D eigenvalue weighted by Gasteiger charge is 2.30. The molecule has 0 saturated carbocycles. The predicted octanol–water partition coefficient (Wildman–Crippen LogP) is 5.86. The summed E-state index contributed by atoms with van der Waals surface area (Å²) in [5.74, 6) is -0.910. The van der Waals surface area contributed by atoms with Crippen LogP contribution in [0, 0.1) is 11.3 Å². The third-order valence-electron chi connectivity index (χ3n) is 5.10. The van der Waals surface area contributed by atoms with Crippen LogP contribution >= 0.6 is 35.0 Å². The predicted molar refractivity (Wildman–Crippen MR) is 130 cm³/mol. The van der Waals surface area contributed by atoms with Crippen molar-refractivity contribution in [2.75, 3.05) is 11.1 Å². The van der Waals surface area contributed by atoms with Gasteiger partial charge in [0, 0.05) is 17.4 Å². The minimum Gasteiger partial charge on any atom is -0.324 e. The second kappa shape index (κ2) is 9.66. The van der Waals surface area contributed by atoms with Gasteiger partial charge in [0.25, 0.3) is 0 Å². The highest BCUT2D eigenvalue weighted by atomic mass is 35.5. The van der Waals surface area contributed by atoms with Crippen LogP contribution in [0.1, 0.15) is 17.9 Å². The van der Waals surface area contributed by atoms with Gasteiger partial charge >= 0.3 is 0 Å². The van der Waals surface area contributed by atoms with Gasteiger partial charge in [-0.2, -0.15) is 5.26 Å². The molecule has 2 N–H and O–H groups in total. The van der Waals surface area contributed by atoms with E-state index in [-0.39, 0.29) is 29.9 Å². The number of fused-ring (bicyclic) bond motifs is 1. The molecule has 0 saturated heterocycles. The lowest BCUT2D eigenvalue weighted by Gasteiger charge is -2.26. The number of halogens is 2. The number of nitriles is 1. The van der Waals surface area contributed by atoms with Gasteiger partial charge in [-0.15, -0.1) is 0 Å². The average Bonchev–Trinajstić information content (AvgIpc) is 2.79. The van der Waals surface area contributed by atoms with E-state index in [9.17, 15) is 14.9 Å². The fourth-order valence-corrected chi connectivity index (χ4v) is 4.88. The van der Waals surface area contributed by atoms with Gasteiger partial charge in [0.15, 0.2) is 0 Å². The molecule has 0 aliphatic carbocycles. The van der Waals surface area contributed by atoms with E-state index in [1.54, 1.807) is 18.2 Å². The number of thioether (sulfide) groups is 1. The third kappa shape index (κ3) is 4.76. The third-order valence-corrected chi connectivity index (χ3v) is 6.69. The van der Waals surface area contributed by atoms with Crippen LogP contribution in [0.25, 0.3) is 10.8 Å². The summed E-state index contributed by atoms with van der Waals surface area (Å²) in [6.45, 7) is 0. The van der Waals surface area contributed by atoms with Crippen molar-refractivity contribution < 1.29 is 9.59 Å². The molecule has 0 bridgehead atoms. The molecule has 32 heavy (non-hydrogen) atoms. The molecule has 4 rings (SSSR count). The van der Waals surface area contributed by atoms with E-state index >= 15 is 0 Å². The summed E-state index contributed by atoms with van der Waals surface area (Å²) in [6, 6.07) is 20.8. The maximum atomic E-state index is 12.5. The Morgan fingerprint density at radius 2 is 1.94 bits per heavy atom. The van der Waals surface area contributed by atoms with E-state index in [0.29, 0.717) is 26.3 Å². The quantitative estimate of drug-likeness (QED) is 0.478. The Balaban J connectivity index is 1.59. The highest BCUT2D eigenvalue weighted by molar-refractivity contribution is 8.03. The Hall–Kier alpha value is -2.98. The maximum absolute atomic E-state index is 12.5. The monoisotopic (exact) mass is 481 g/mol. The number of rotatable bonds is 5. The highest BCUT2D eigenvalue weighted by Crippen LogP contribution is 2.38. The molecule has 0 aromatic heterocycles. The number of nitrogens with zero attached hydrogens (tertiary/aromatic N) is 1. The number of benzene rings is 3. The Bertz CT molecular complexity index is 1290. The second-order valence-corrected chi connectivity index (χ2v) is 9.02. The van der Waals surface area contributed by atoms with Crippen molar-refractivity contribution in [3.8, 4) is 6.07 Å². The van der Waals surface area contributed by atoms with Crippen LogP contribution in [0.4, 0.5) is 5.69 Å². The van der Waals surface area contributed by atoms with Crippen LogP contribution in [0.5, 0.6) is 0 Å². The zero-order chi connectivity index (χ0) is 22.7. The first-order valence-corrected chi connectivity index (χ1v) is 11.5. The summed E-state index contributed by atoms with van der Waals surface area (Å²) in [5.41, 5.74) is 1.77. The Morgan fingerprint density at radius 1 is 1.16 bits per heavy atom. The molecule has 1 aliphatic rings. The van der Waals surface area contributed by atoms with Crippen LogP contribution < -0.4 is 10.6 Å². The summed E-state index contributed by atoms with van der Waals surface area (Å²) in [7, 11) is 0. The number of hydrogen-bond acceptors (Lipinski definition) is 4. The largest absolute Gasteiger partial charge is 0.324 e. The number of nitrogens with one attached hydrogen (secondary N) is 2. The van der Waals surface area contributed by atoms with Crippen molar-refractivity contribution in [3.63, 3.8) is 0 Å². The summed E-state index contributed by atoms with van der Waals surface area (Å²) in [4.78, 5) is 24.9. The van der Waals surface area contributed by atoms with Gasteiger partial charge < -0.3 is 10.6 Å². The van der Waals surface area contributed by atoms with Crippen LogP contribution in [0.2, 0.25) is 10.0 Å². The molecule has 3 aromatic rings. The van der Waals surface area contributed by atoms with Crippen LogP contribution in [0.3, 0.4) is 0 Å². The van der Waals surface area contributed by atoms with Crippen molar-refractivity contribution in [1.29, 1.82) is 5.26 Å². The van der Waals surface area contributed by atoms with E-state index in [1.807, 2.05) is 42.5 Å². The van der Waals surface area contributed by atoms with Gasteiger partial charge in [-0.3, -0.25) is 9.59 Å². The number of amides is 2. The van der Waals surface area contributed by atoms with Gasteiger partial charge in [-0.1, -0.05) is 77.4 Å². The lowest BCUT2D eigenvalue weighted by Crippen LogP contribution is -2.31. The van der Waals surface area contributed by atoms with Crippen LogP contribution in [0.15, 0.2) is 71.3 Å². The van der Waals surface area contributed by atoms with Crippen molar-refractivity contribution in [1.82, 2.24) is 5.32 Å². The molecule has 3 aromatic carbocycles. The van der Waals surface area contributed by atoms with Crippen LogP contribution in [-0.2, 0) is 9.59 Å². The fourth-order valence-electron chi connectivity index (χ4n) is 3.67. The molecule has 160 valence electrons. The first kappa shape index (κ1) is 22.2. The molecular weight excluding hydrogens is 465 g/mol. The fraction of sp³-hybridized carbons (Fsp3) is 0.125. The van der Waals surface area contributed by atoms with E-state index in [2.05, 4.69) is 16.7 Å². The lowest BCUT2D eigenvalue weighted by atomic mass is 9.84. The standard InChI is InChI=1S/C24H17Cl2N3O2S/c25-15-8-9-20(26)21(10-15)28-23(31)13-32-24-19(12-27)18(11-22(30)29-24)17-7-3-5-14-4-1-2-6-16(14)17/h1-10,18H,11,13H2,(H,28,31)(H,29,30). The van der Waals surface area contributed by atoms with Crippen LogP contribution in [-0.4, -0.2) is 17.6 Å². The first-order chi connectivity index (χ1) is 15.5. The maximum Gasteiger partial charge on any atom is 0.234 e. The minimum atomic E-state index is -0.382. The molecule has 1 aliphatic heterocycles. The minimum absolute atomic E-state index is 0.00804. The summed E-state index contributed by atoms with van der Waals surface area (Å²) < 4.78 is 0. The Morgan fingerprint density at radius 3 is 2.75 bits per heavy atom. The molecular formula is C24H17Cl2N3O2S. The molecule has 0 fully saturated rings. The summed E-state index contributed by atoms with van der Waals surface area (Å²) >= 11 is 13.2. The normalized spacial score (nSPS) is 15.9. The number of carbonyl (C=O) groups is 2. The Kier molecular flexibility index (Phi) is 6.71. The Labute approximate surface area is 199 Å². The second-order valence-electron chi connectivity index (χ2n) is 7.19. The molecule has 0 radical (unpaired) electrons. The SMILES string of the molecule is N#CC1=C(SCC(=O)Nc2cc(Cl)ccc2Cl)NC(=O)CC1c1cccc2ccccc12. The molecule has 1 atom stereocenters. The zero-order valence-electron chi connectivity index (χ0n) is 16.7. The van der Waals surface area contributed by atoms with Gasteiger partial charge in [0.05, 0.1) is 33.1 Å². The van der Waals surface area contributed by atoms with Gasteiger partial charge in [-0.05, 0) is 34.5 Å². The molecule has 5 nitrogen and oxygen atoms in total. The van der Waals surface area contributed by atoms with Gasteiger partial charge in [0.2, 0.25) is 11.8 Å². The topological polar surface area (TPSA) is 82.0 Å². The molecule has 8 heteroatoms. The number of carbonyl (C=O) groups excluding carboxylic acids is 2. The summed E-state index contributed by atoms with van der Waals surface area (Å²) in [5, 5.41) is 18.6. The van der Waals surface area contributed by atoms with Crippen molar-refractivity contribution in [3.05, 3.63) is 86.9 Å². The smallest absolute Gasteiger partial charge is 0.234 e. The number of hydrogen-bond donors (Lipinski definition) is 2. The van der Waals surface area contributed by atoms with E-state index in [4.69, 9.17) is 23.2 Å². The van der Waals surface area contributed by atoms with Crippen molar-refractivity contribution in [2.24, 2.45) is 0 Å². The van der Waals surface area contributed by atoms with E-state index < -0.39 is 0 Å². The lowest BCUT2D eigenvalue weighted by molar-refractivity contribution is -0.121. The van der Waals surface area contributed by atoms with Gasteiger partial charge in [-0.25, -0.2) is 0 Å². The number of allylic oxidation sites excluding steroid dienone is 1.